The summed E-state index contributed by atoms with van der Waals surface area (Å²) in [5, 5.41) is 20.5. The van der Waals surface area contributed by atoms with Crippen molar-refractivity contribution in [2.75, 3.05) is 18.0 Å². The average molecular weight is 286 g/mol. The molecule has 1 aromatic carbocycles. The van der Waals surface area contributed by atoms with E-state index in [9.17, 15) is 5.11 Å². The number of aromatic hydroxyl groups is 1. The molecule has 0 aromatic heterocycles. The van der Waals surface area contributed by atoms with Crippen molar-refractivity contribution in [3.8, 4) is 5.75 Å². The summed E-state index contributed by atoms with van der Waals surface area (Å²) in [6, 6.07) is 5.39. The van der Waals surface area contributed by atoms with E-state index in [1.54, 1.807) is 12.1 Å². The van der Waals surface area contributed by atoms with Crippen LogP contribution in [0.1, 0.15) is 19.4 Å². The first-order chi connectivity index (χ1) is 8.58. The highest BCUT2D eigenvalue weighted by atomic mass is 35.5. The molecular weight excluding hydrogens is 266 g/mol. The number of rotatable bonds is 5. The number of nitrogens with one attached hydrogen (secondary N) is 2. The first-order valence-electron chi connectivity index (χ1n) is 5.79. The number of nitrogens with zero attached hydrogens (tertiary/aromatic N) is 2. The van der Waals surface area contributed by atoms with Gasteiger partial charge >= 0.3 is 0 Å². The molecule has 0 atom stereocenters. The van der Waals surface area contributed by atoms with Crippen molar-refractivity contribution in [2.45, 2.75) is 13.8 Å². The third-order valence-corrected chi connectivity index (χ3v) is 2.53. The number of guanidine groups is 1. The van der Waals surface area contributed by atoms with E-state index in [1.807, 2.05) is 6.07 Å². The molecule has 0 aliphatic rings. The zero-order valence-corrected chi connectivity index (χ0v) is 11.9. The highest BCUT2D eigenvalue weighted by molar-refractivity contribution is 5.86. The number of hydrogen-bond donors (Lipinski definition) is 4. The summed E-state index contributed by atoms with van der Waals surface area (Å²) in [6.45, 7) is 5.89. The zero-order chi connectivity index (χ0) is 13.5. The first kappa shape index (κ1) is 17.1. The predicted molar refractivity (Wildman–Crippen MR) is 81.6 cm³/mol. The summed E-state index contributed by atoms with van der Waals surface area (Å²) in [4.78, 5) is 2.13. The van der Waals surface area contributed by atoms with Gasteiger partial charge in [0, 0.05) is 30.4 Å². The molecule has 1 aromatic rings. The Morgan fingerprint density at radius 3 is 2.58 bits per heavy atom. The third-order valence-electron chi connectivity index (χ3n) is 2.53. The van der Waals surface area contributed by atoms with Gasteiger partial charge in [0.2, 0.25) is 5.96 Å². The van der Waals surface area contributed by atoms with Crippen molar-refractivity contribution in [1.82, 2.24) is 5.43 Å². The fourth-order valence-electron chi connectivity index (χ4n) is 1.60. The number of hydrazone groups is 1. The normalized spacial score (nSPS) is 10.0. The summed E-state index contributed by atoms with van der Waals surface area (Å²) in [7, 11) is 0. The Labute approximate surface area is 119 Å². The number of halogens is 1. The topological polar surface area (TPSA) is 97.7 Å². The van der Waals surface area contributed by atoms with Gasteiger partial charge in [-0.3, -0.25) is 5.41 Å². The lowest BCUT2D eigenvalue weighted by Crippen LogP contribution is -2.25. The Balaban J connectivity index is 0.00000324. The molecule has 0 bridgehead atoms. The fraction of sp³-hybridized carbons (Fsp3) is 0.333. The van der Waals surface area contributed by atoms with Crippen LogP contribution in [0, 0.1) is 5.41 Å². The van der Waals surface area contributed by atoms with Gasteiger partial charge in [0.1, 0.15) is 5.75 Å². The quantitative estimate of drug-likeness (QED) is 0.374. The molecule has 0 saturated carbocycles. The molecule has 0 aliphatic carbocycles. The van der Waals surface area contributed by atoms with E-state index in [1.165, 1.54) is 6.21 Å². The predicted octanol–water partition coefficient (Wildman–Crippen LogP) is 1.48. The van der Waals surface area contributed by atoms with Crippen LogP contribution in [0.3, 0.4) is 0 Å². The van der Waals surface area contributed by atoms with E-state index >= 15 is 0 Å². The maximum Gasteiger partial charge on any atom is 0.206 e. The second-order valence-electron chi connectivity index (χ2n) is 3.70. The van der Waals surface area contributed by atoms with Gasteiger partial charge in [-0.1, -0.05) is 0 Å². The van der Waals surface area contributed by atoms with Crippen LogP contribution < -0.4 is 16.1 Å². The minimum Gasteiger partial charge on any atom is -0.507 e. The Morgan fingerprint density at radius 2 is 2.11 bits per heavy atom. The van der Waals surface area contributed by atoms with Crippen LogP contribution in [0.5, 0.6) is 5.75 Å². The van der Waals surface area contributed by atoms with Crippen molar-refractivity contribution >= 4 is 30.3 Å². The summed E-state index contributed by atoms with van der Waals surface area (Å²) >= 11 is 0. The molecular formula is C12H20ClN5O. The fourth-order valence-corrected chi connectivity index (χ4v) is 1.60. The minimum atomic E-state index is -0.245. The summed E-state index contributed by atoms with van der Waals surface area (Å²) < 4.78 is 0. The van der Waals surface area contributed by atoms with Gasteiger partial charge in [-0.05, 0) is 26.0 Å². The van der Waals surface area contributed by atoms with Crippen molar-refractivity contribution < 1.29 is 5.11 Å². The molecule has 0 spiro atoms. The van der Waals surface area contributed by atoms with E-state index in [-0.39, 0.29) is 24.1 Å². The van der Waals surface area contributed by atoms with Gasteiger partial charge in [-0.2, -0.15) is 5.10 Å². The average Bonchev–Trinajstić information content (AvgIpc) is 2.33. The lowest BCUT2D eigenvalue weighted by Gasteiger charge is -2.21. The molecule has 0 fully saturated rings. The van der Waals surface area contributed by atoms with E-state index < -0.39 is 0 Å². The summed E-state index contributed by atoms with van der Waals surface area (Å²) in [5.41, 5.74) is 8.91. The smallest absolute Gasteiger partial charge is 0.206 e. The van der Waals surface area contributed by atoms with Crippen molar-refractivity contribution in [1.29, 1.82) is 5.41 Å². The maximum absolute atomic E-state index is 9.87. The van der Waals surface area contributed by atoms with Gasteiger partial charge in [0.15, 0.2) is 0 Å². The summed E-state index contributed by atoms with van der Waals surface area (Å²) in [6.07, 6.45) is 1.42. The number of nitrogens with two attached hydrogens (primary N) is 1. The van der Waals surface area contributed by atoms with Crippen LogP contribution in [0.2, 0.25) is 0 Å². The molecule has 0 radical (unpaired) electrons. The van der Waals surface area contributed by atoms with Gasteiger partial charge < -0.3 is 15.7 Å². The van der Waals surface area contributed by atoms with Gasteiger partial charge in [-0.15, -0.1) is 12.4 Å². The second kappa shape index (κ2) is 8.20. The molecule has 6 nitrogen and oxygen atoms in total. The van der Waals surface area contributed by atoms with Crippen molar-refractivity contribution in [3.05, 3.63) is 23.8 Å². The zero-order valence-electron chi connectivity index (χ0n) is 11.1. The largest absolute Gasteiger partial charge is 0.507 e. The van der Waals surface area contributed by atoms with E-state index in [0.717, 1.165) is 18.8 Å². The Hall–Kier alpha value is -1.95. The molecule has 19 heavy (non-hydrogen) atoms. The minimum absolute atomic E-state index is 0. The number of anilines is 1. The Bertz CT molecular complexity index is 446. The molecule has 7 heteroatoms. The van der Waals surface area contributed by atoms with Crippen LogP contribution in [-0.4, -0.2) is 30.4 Å². The van der Waals surface area contributed by atoms with Crippen LogP contribution in [-0.2, 0) is 0 Å². The molecule has 0 amide bonds. The van der Waals surface area contributed by atoms with Crippen molar-refractivity contribution in [3.63, 3.8) is 0 Å². The second-order valence-corrected chi connectivity index (χ2v) is 3.70. The standard InChI is InChI=1S/C12H19N5O.ClH/c1-3-17(4-2)10-6-5-9(11(18)7-10)8-15-16-12(13)14;/h5-8,18H,3-4H2,1-2H3,(H4,13,14,16);1H. The molecule has 0 aliphatic heterocycles. The van der Waals surface area contributed by atoms with E-state index in [4.69, 9.17) is 11.1 Å². The lowest BCUT2D eigenvalue weighted by atomic mass is 10.2. The SMILES string of the molecule is CCN(CC)c1ccc(C=NNC(=N)N)c(O)c1.Cl. The molecule has 0 unspecified atom stereocenters. The maximum atomic E-state index is 9.87. The van der Waals surface area contributed by atoms with Crippen LogP contribution in [0.25, 0.3) is 0 Å². The highest BCUT2D eigenvalue weighted by Gasteiger charge is 2.05. The first-order valence-corrected chi connectivity index (χ1v) is 5.79. The van der Waals surface area contributed by atoms with Crippen molar-refractivity contribution in [2.24, 2.45) is 10.8 Å². The Kier molecular flexibility index (Phi) is 7.36. The molecule has 5 N–H and O–H groups in total. The monoisotopic (exact) mass is 285 g/mol. The number of benzene rings is 1. The van der Waals surface area contributed by atoms with E-state index in [2.05, 4.69) is 29.3 Å². The molecule has 0 saturated heterocycles. The number of hydrogen-bond acceptors (Lipinski definition) is 4. The number of phenolic OH excluding ortho intramolecular Hbond substituents is 1. The van der Waals surface area contributed by atoms with Gasteiger partial charge in [0.25, 0.3) is 0 Å². The van der Waals surface area contributed by atoms with Crippen LogP contribution >= 0.6 is 12.4 Å². The van der Waals surface area contributed by atoms with E-state index in [0.29, 0.717) is 5.56 Å². The Morgan fingerprint density at radius 1 is 1.47 bits per heavy atom. The molecule has 1 rings (SSSR count). The molecule has 106 valence electrons. The third kappa shape index (κ3) is 5.05. The summed E-state index contributed by atoms with van der Waals surface area (Å²) in [5.74, 6) is -0.0981. The van der Waals surface area contributed by atoms with Crippen LogP contribution in [0.15, 0.2) is 23.3 Å². The van der Waals surface area contributed by atoms with Gasteiger partial charge in [-0.25, -0.2) is 5.43 Å². The van der Waals surface area contributed by atoms with Crippen LogP contribution in [0.4, 0.5) is 5.69 Å². The molecule has 0 heterocycles. The highest BCUT2D eigenvalue weighted by Crippen LogP contribution is 2.23. The number of phenols is 1. The lowest BCUT2D eigenvalue weighted by molar-refractivity contribution is 0.474. The van der Waals surface area contributed by atoms with Gasteiger partial charge in [0.05, 0.1) is 6.21 Å².